The molecular weight excluding hydrogens is 865 g/mol. The highest BCUT2D eigenvalue weighted by Crippen LogP contribution is 2.41. The SMILES string of the molecule is [2H]c1c([2H])c([2H])c(-c2cccc(-c3cc(C(C)(C)C)cc(C(C)(C)C)c3)c2-[n+]2[c-]n(-c3cccc(Oc4ccc5c6cc(-c7ccccc7)ccc6n(-c6cc(C([2H])([2H])C(C)C)ccn6)c5c4)c3)c3ccccc32)c([2H])c1[2H]. The first-order valence-corrected chi connectivity index (χ1v) is 24.3. The van der Waals surface area contributed by atoms with Crippen LogP contribution in [0.4, 0.5) is 0 Å². The monoisotopic (exact) mass is 932 g/mol. The Morgan fingerprint density at radius 3 is 2.04 bits per heavy atom. The Bertz CT molecular complexity index is 4100. The van der Waals surface area contributed by atoms with Crippen LogP contribution in [0, 0.1) is 12.2 Å². The van der Waals surface area contributed by atoms with Gasteiger partial charge in [0.25, 0.3) is 6.33 Å². The van der Waals surface area contributed by atoms with Crippen molar-refractivity contribution in [3.05, 3.63) is 223 Å². The molecular formula is C66H60N4O. The average Bonchev–Trinajstić information content (AvgIpc) is 4.17. The second-order valence-corrected chi connectivity index (χ2v) is 20.7. The fourth-order valence-corrected chi connectivity index (χ4v) is 9.58. The van der Waals surface area contributed by atoms with Gasteiger partial charge in [0, 0.05) is 25.8 Å². The maximum atomic E-state index is 9.24. The minimum atomic E-state index is -1.58. The molecule has 0 aliphatic carbocycles. The summed E-state index contributed by atoms with van der Waals surface area (Å²) in [6, 6.07) is 52.7. The number of para-hydroxylation sites is 3. The molecule has 0 spiro atoms. The summed E-state index contributed by atoms with van der Waals surface area (Å²) in [5, 5.41) is 2.01. The summed E-state index contributed by atoms with van der Waals surface area (Å²) in [6.07, 6.45) is 3.79. The van der Waals surface area contributed by atoms with Gasteiger partial charge < -0.3 is 4.74 Å². The summed E-state index contributed by atoms with van der Waals surface area (Å²) in [5.74, 6) is 1.49. The first-order valence-electron chi connectivity index (χ1n) is 27.8. The normalized spacial score (nSPS) is 13.7. The van der Waals surface area contributed by atoms with Crippen molar-refractivity contribution in [2.24, 2.45) is 5.92 Å². The zero-order valence-electron chi connectivity index (χ0n) is 48.4. The minimum Gasteiger partial charge on any atom is -0.458 e. The number of hydrogen-bond acceptors (Lipinski definition) is 2. The third-order valence-corrected chi connectivity index (χ3v) is 13.2. The molecule has 11 rings (SSSR count). The van der Waals surface area contributed by atoms with E-state index in [0.717, 1.165) is 71.9 Å². The lowest BCUT2D eigenvalue weighted by atomic mass is 9.78. The third-order valence-electron chi connectivity index (χ3n) is 13.2. The van der Waals surface area contributed by atoms with E-state index in [1.807, 2.05) is 126 Å². The quantitative estimate of drug-likeness (QED) is 0.101. The first-order chi connectivity index (χ1) is 37.1. The molecule has 5 heteroatoms. The van der Waals surface area contributed by atoms with Crippen LogP contribution in [0.5, 0.6) is 11.5 Å². The molecule has 0 aliphatic heterocycles. The second kappa shape index (κ2) is 18.1. The van der Waals surface area contributed by atoms with E-state index < -0.39 is 24.5 Å². The lowest BCUT2D eigenvalue weighted by molar-refractivity contribution is -0.571. The van der Waals surface area contributed by atoms with Crippen LogP contribution in [0.2, 0.25) is 0 Å². The molecule has 350 valence electrons. The van der Waals surface area contributed by atoms with Crippen LogP contribution in [0.25, 0.3) is 83.4 Å². The molecule has 0 saturated heterocycles. The van der Waals surface area contributed by atoms with Crippen molar-refractivity contribution in [3.8, 4) is 62.1 Å². The zero-order valence-corrected chi connectivity index (χ0v) is 41.4. The lowest BCUT2D eigenvalue weighted by Crippen LogP contribution is -2.31. The van der Waals surface area contributed by atoms with E-state index in [0.29, 0.717) is 34.1 Å². The largest absolute Gasteiger partial charge is 0.458 e. The van der Waals surface area contributed by atoms with Gasteiger partial charge in [-0.25, -0.2) is 4.98 Å². The molecule has 11 aromatic rings. The summed E-state index contributed by atoms with van der Waals surface area (Å²) in [7, 11) is 0. The van der Waals surface area contributed by atoms with Crippen LogP contribution in [0.15, 0.2) is 200 Å². The van der Waals surface area contributed by atoms with E-state index in [4.69, 9.17) is 16.6 Å². The smallest absolute Gasteiger partial charge is 0.269 e. The Kier molecular flexibility index (Phi) is 9.62. The molecule has 0 fully saturated rings. The van der Waals surface area contributed by atoms with E-state index in [1.54, 1.807) is 12.3 Å². The van der Waals surface area contributed by atoms with E-state index in [2.05, 4.69) is 107 Å². The predicted octanol–water partition coefficient (Wildman–Crippen LogP) is 16.8. The molecule has 71 heavy (non-hydrogen) atoms. The van der Waals surface area contributed by atoms with Crippen molar-refractivity contribution in [3.63, 3.8) is 0 Å². The Hall–Kier alpha value is -8.02. The molecule has 5 nitrogen and oxygen atoms in total. The van der Waals surface area contributed by atoms with Crippen LogP contribution < -0.4 is 9.30 Å². The van der Waals surface area contributed by atoms with Crippen LogP contribution in [-0.2, 0) is 17.2 Å². The molecule has 8 aromatic carbocycles. The first kappa shape index (κ1) is 37.8. The van der Waals surface area contributed by atoms with Gasteiger partial charge >= 0.3 is 0 Å². The minimum absolute atomic E-state index is 0.0987. The van der Waals surface area contributed by atoms with Crippen molar-refractivity contribution in [1.82, 2.24) is 14.1 Å². The van der Waals surface area contributed by atoms with Gasteiger partial charge in [0.05, 0.1) is 40.3 Å². The Labute approximate surface area is 428 Å². The summed E-state index contributed by atoms with van der Waals surface area (Å²) < 4.78 is 75.3. The molecule has 0 aliphatic rings. The number of hydrogen-bond donors (Lipinski definition) is 0. The number of fused-ring (bicyclic) bond motifs is 4. The number of ether oxygens (including phenoxy) is 1. The highest BCUT2D eigenvalue weighted by atomic mass is 16.5. The van der Waals surface area contributed by atoms with E-state index >= 15 is 0 Å². The predicted molar refractivity (Wildman–Crippen MR) is 295 cm³/mol. The zero-order chi connectivity index (χ0) is 55.2. The van der Waals surface area contributed by atoms with Gasteiger partial charge in [-0.3, -0.25) is 13.7 Å². The molecule has 0 N–H and O–H groups in total. The summed E-state index contributed by atoms with van der Waals surface area (Å²) >= 11 is 0. The highest BCUT2D eigenvalue weighted by molar-refractivity contribution is 6.10. The number of nitrogens with zero attached hydrogens (tertiary/aromatic N) is 4. The summed E-state index contributed by atoms with van der Waals surface area (Å²) in [4.78, 5) is 4.84. The van der Waals surface area contributed by atoms with Crippen molar-refractivity contribution in [1.29, 1.82) is 0 Å². The van der Waals surface area contributed by atoms with Crippen LogP contribution in [0.3, 0.4) is 0 Å². The van der Waals surface area contributed by atoms with Crippen LogP contribution in [0.1, 0.15) is 81.7 Å². The van der Waals surface area contributed by atoms with Gasteiger partial charge in [-0.05, 0) is 128 Å². The number of rotatable bonds is 10. The number of imidazole rings is 1. The van der Waals surface area contributed by atoms with E-state index in [9.17, 15) is 2.74 Å². The van der Waals surface area contributed by atoms with Gasteiger partial charge in [0.15, 0.2) is 0 Å². The molecule has 3 heterocycles. The standard InChI is InChI=1S/C66H60N4O/c1-44(2)35-45-33-34-67-63(36-45)70-59-32-29-48(46-19-11-9-12-20-46)39-58(59)57-31-30-54(42-62(57)70)71-53-24-17-23-52(41-53)68-43-69(61-28-16-15-27-60(61)68)64-55(47-21-13-10-14-22-47)25-18-26-56(64)49-37-50(65(3,4)5)40-51(38-49)66(6,7)8/h9-34,36-42,44H,35H2,1-8H3/i10D,13D,14D,21D,22D,35D2. The van der Waals surface area contributed by atoms with Gasteiger partial charge in [0.1, 0.15) is 17.3 Å². The Morgan fingerprint density at radius 2 is 1.30 bits per heavy atom. The van der Waals surface area contributed by atoms with Crippen molar-refractivity contribution < 1.29 is 18.9 Å². The van der Waals surface area contributed by atoms with Crippen molar-refractivity contribution in [2.75, 3.05) is 0 Å². The molecule has 0 atom stereocenters. The van der Waals surface area contributed by atoms with Gasteiger partial charge in [0.2, 0.25) is 0 Å². The molecule has 0 unspecified atom stereocenters. The highest BCUT2D eigenvalue weighted by Gasteiger charge is 2.25. The van der Waals surface area contributed by atoms with E-state index in [1.165, 1.54) is 0 Å². The molecule has 0 bridgehead atoms. The lowest BCUT2D eigenvalue weighted by Gasteiger charge is -2.27. The summed E-state index contributed by atoms with van der Waals surface area (Å²) in [6.45, 7) is 17.0. The van der Waals surface area contributed by atoms with Gasteiger partial charge in [-0.2, -0.15) is 0 Å². The third kappa shape index (κ3) is 8.82. The molecule has 0 radical (unpaired) electrons. The van der Waals surface area contributed by atoms with Gasteiger partial charge in [-0.15, -0.1) is 0 Å². The molecule has 3 aromatic heterocycles. The number of benzene rings is 8. The second-order valence-electron chi connectivity index (χ2n) is 20.7. The fourth-order valence-electron chi connectivity index (χ4n) is 9.58. The Balaban J connectivity index is 1.07. The summed E-state index contributed by atoms with van der Waals surface area (Å²) in [5.41, 5.74) is 11.6. The topological polar surface area (TPSA) is 35.9 Å². The van der Waals surface area contributed by atoms with E-state index in [-0.39, 0.29) is 34.4 Å². The average molecular weight is 932 g/mol. The van der Waals surface area contributed by atoms with Gasteiger partial charge in [-0.1, -0.05) is 189 Å². The maximum Gasteiger partial charge on any atom is 0.269 e. The van der Waals surface area contributed by atoms with Crippen LogP contribution >= 0.6 is 0 Å². The van der Waals surface area contributed by atoms with Crippen LogP contribution in [-0.4, -0.2) is 14.1 Å². The number of pyridine rings is 1. The molecule has 0 saturated carbocycles. The fraction of sp³-hybridized carbons (Fsp3) is 0.182. The number of aromatic nitrogens is 4. The van der Waals surface area contributed by atoms with Crippen molar-refractivity contribution >= 4 is 32.8 Å². The molecule has 0 amide bonds. The Morgan fingerprint density at radius 1 is 0.592 bits per heavy atom. The van der Waals surface area contributed by atoms with Crippen molar-refractivity contribution in [2.45, 2.75) is 72.6 Å². The maximum absolute atomic E-state index is 9.24.